The molecule has 2 aliphatic heterocycles. The highest BCUT2D eigenvalue weighted by Gasteiger charge is 2.40. The zero-order valence-corrected chi connectivity index (χ0v) is 21.0. The maximum atomic E-state index is 13.2. The lowest BCUT2D eigenvalue weighted by atomic mass is 10.0. The summed E-state index contributed by atoms with van der Waals surface area (Å²) in [5.41, 5.74) is 1.12. The zero-order valence-electron chi connectivity index (χ0n) is 20.3. The maximum absolute atomic E-state index is 13.2. The predicted molar refractivity (Wildman–Crippen MR) is 137 cm³/mol. The minimum atomic E-state index is -0.745. The maximum Gasteiger partial charge on any atom is 0.340 e. The van der Waals surface area contributed by atoms with Gasteiger partial charge in [-0.3, -0.25) is 14.4 Å². The van der Waals surface area contributed by atoms with Crippen LogP contribution in [0.25, 0.3) is 0 Å². The first-order valence-corrected chi connectivity index (χ1v) is 12.4. The van der Waals surface area contributed by atoms with E-state index in [1.54, 1.807) is 36.4 Å². The van der Waals surface area contributed by atoms with Gasteiger partial charge in [0.1, 0.15) is 10.7 Å². The monoisotopic (exact) mass is 509 g/mol. The molecule has 9 heteroatoms. The van der Waals surface area contributed by atoms with Crippen molar-refractivity contribution in [3.8, 4) is 0 Å². The van der Waals surface area contributed by atoms with Crippen LogP contribution in [0.1, 0.15) is 60.2 Å². The Morgan fingerprint density at radius 3 is 2.47 bits per heavy atom. The largest absolute Gasteiger partial charge is 0.462 e. The molecule has 1 unspecified atom stereocenters. The number of carbonyl (C=O) groups is 4. The summed E-state index contributed by atoms with van der Waals surface area (Å²) in [7, 11) is 0. The van der Waals surface area contributed by atoms with Crippen LogP contribution in [0.5, 0.6) is 0 Å². The molecule has 1 N–H and O–H groups in total. The number of nitrogens with one attached hydrogen (secondary N) is 1. The first-order chi connectivity index (χ1) is 17.3. The van der Waals surface area contributed by atoms with E-state index in [4.69, 9.17) is 16.3 Å². The standard InChI is InChI=1S/C27H28ClN3O5/c1-3-16-36-27(35)20-9-4-5-10-21(20)31-25(33)22(28)23(26(31)34)29-19-13-11-18(12-14-19)24(32)30-15-7-6-8-17(30)2/h4-5,9-14,17,29H,3,6-8,15-16H2,1-2H3. The number of nitrogens with zero attached hydrogens (tertiary/aromatic N) is 2. The van der Waals surface area contributed by atoms with Crippen LogP contribution in [0.4, 0.5) is 11.4 Å². The van der Waals surface area contributed by atoms with Crippen molar-refractivity contribution < 1.29 is 23.9 Å². The molecule has 4 rings (SSSR count). The van der Waals surface area contributed by atoms with E-state index in [-0.39, 0.29) is 40.5 Å². The van der Waals surface area contributed by atoms with Gasteiger partial charge in [0.25, 0.3) is 17.7 Å². The number of hydrogen-bond acceptors (Lipinski definition) is 6. The van der Waals surface area contributed by atoms with Crippen LogP contribution >= 0.6 is 11.6 Å². The molecule has 2 aromatic rings. The molecule has 0 saturated carbocycles. The third-order valence-corrected chi connectivity index (χ3v) is 6.65. The molecule has 8 nitrogen and oxygen atoms in total. The number of benzene rings is 2. The lowest BCUT2D eigenvalue weighted by molar-refractivity contribution is -0.120. The Morgan fingerprint density at radius 2 is 1.78 bits per heavy atom. The Hall–Kier alpha value is -3.65. The van der Waals surface area contributed by atoms with Gasteiger partial charge in [-0.2, -0.15) is 0 Å². The summed E-state index contributed by atoms with van der Waals surface area (Å²) >= 11 is 6.26. The second kappa shape index (κ2) is 11.0. The van der Waals surface area contributed by atoms with E-state index in [1.165, 1.54) is 12.1 Å². The smallest absolute Gasteiger partial charge is 0.340 e. The minimum Gasteiger partial charge on any atom is -0.462 e. The Bertz CT molecular complexity index is 1220. The van der Waals surface area contributed by atoms with Gasteiger partial charge in [-0.15, -0.1) is 0 Å². The summed E-state index contributed by atoms with van der Waals surface area (Å²) < 4.78 is 5.20. The van der Waals surface area contributed by atoms with Gasteiger partial charge in [0, 0.05) is 23.8 Å². The number of hydrogen-bond donors (Lipinski definition) is 1. The number of esters is 1. The summed E-state index contributed by atoms with van der Waals surface area (Å²) in [5.74, 6) is -2.10. The lowest BCUT2D eigenvalue weighted by Gasteiger charge is -2.33. The van der Waals surface area contributed by atoms with Gasteiger partial charge in [-0.1, -0.05) is 30.7 Å². The minimum absolute atomic E-state index is 0.0316. The number of para-hydroxylation sites is 1. The topological polar surface area (TPSA) is 96.0 Å². The molecular formula is C27H28ClN3O5. The van der Waals surface area contributed by atoms with Crippen molar-refractivity contribution in [1.29, 1.82) is 0 Å². The molecule has 36 heavy (non-hydrogen) atoms. The highest BCUT2D eigenvalue weighted by atomic mass is 35.5. The second-order valence-electron chi connectivity index (χ2n) is 8.83. The molecule has 0 radical (unpaired) electrons. The van der Waals surface area contributed by atoms with E-state index < -0.39 is 17.8 Å². The number of carbonyl (C=O) groups excluding carboxylic acids is 4. The normalized spacial score (nSPS) is 18.0. The molecule has 2 heterocycles. The molecule has 2 aromatic carbocycles. The van der Waals surface area contributed by atoms with Gasteiger partial charge in [-0.05, 0) is 69.0 Å². The number of piperidine rings is 1. The first-order valence-electron chi connectivity index (χ1n) is 12.1. The molecular weight excluding hydrogens is 482 g/mol. The fraction of sp³-hybridized carbons (Fsp3) is 0.333. The summed E-state index contributed by atoms with van der Waals surface area (Å²) in [6.45, 7) is 4.88. The molecule has 3 amide bonds. The quantitative estimate of drug-likeness (QED) is 0.429. The molecule has 188 valence electrons. The number of halogens is 1. The van der Waals surface area contributed by atoms with Crippen molar-refractivity contribution in [1.82, 2.24) is 4.90 Å². The van der Waals surface area contributed by atoms with Gasteiger partial charge in [-0.25, -0.2) is 9.69 Å². The molecule has 1 atom stereocenters. The van der Waals surface area contributed by atoms with E-state index in [1.807, 2.05) is 11.8 Å². The number of ether oxygens (including phenoxy) is 1. The Labute approximate surface area is 214 Å². The molecule has 1 fully saturated rings. The SMILES string of the molecule is CCCOC(=O)c1ccccc1N1C(=O)C(Cl)=C(Nc2ccc(C(=O)N3CCCCC3C)cc2)C1=O. The number of anilines is 2. The number of rotatable bonds is 7. The van der Waals surface area contributed by atoms with Crippen molar-refractivity contribution in [2.45, 2.75) is 45.6 Å². The average molecular weight is 510 g/mol. The summed E-state index contributed by atoms with van der Waals surface area (Å²) in [6, 6.07) is 13.1. The molecule has 0 aromatic heterocycles. The third-order valence-electron chi connectivity index (χ3n) is 6.29. The first kappa shape index (κ1) is 25.4. The Kier molecular flexibility index (Phi) is 7.74. The number of imide groups is 1. The second-order valence-corrected chi connectivity index (χ2v) is 9.21. The van der Waals surface area contributed by atoms with Gasteiger partial charge < -0.3 is 15.0 Å². The third kappa shape index (κ3) is 4.99. The van der Waals surface area contributed by atoms with Crippen molar-refractivity contribution >= 4 is 46.7 Å². The van der Waals surface area contributed by atoms with Gasteiger partial charge in [0.05, 0.1) is 17.9 Å². The van der Waals surface area contributed by atoms with Crippen LogP contribution in [-0.4, -0.2) is 47.8 Å². The van der Waals surface area contributed by atoms with Crippen LogP contribution in [0, 0.1) is 0 Å². The van der Waals surface area contributed by atoms with E-state index in [9.17, 15) is 19.2 Å². The number of likely N-dealkylation sites (tertiary alicyclic amines) is 1. The van der Waals surface area contributed by atoms with Gasteiger partial charge in [0.2, 0.25) is 0 Å². The van der Waals surface area contributed by atoms with Crippen molar-refractivity contribution in [3.63, 3.8) is 0 Å². The van der Waals surface area contributed by atoms with Crippen LogP contribution in [-0.2, 0) is 14.3 Å². The van der Waals surface area contributed by atoms with Crippen LogP contribution < -0.4 is 10.2 Å². The molecule has 2 aliphatic rings. The van der Waals surface area contributed by atoms with E-state index in [0.717, 1.165) is 30.7 Å². The van der Waals surface area contributed by atoms with Crippen molar-refractivity contribution in [2.24, 2.45) is 0 Å². The van der Waals surface area contributed by atoms with Crippen LogP contribution in [0.3, 0.4) is 0 Å². The van der Waals surface area contributed by atoms with E-state index in [2.05, 4.69) is 12.2 Å². The van der Waals surface area contributed by atoms with Crippen molar-refractivity contribution in [2.75, 3.05) is 23.4 Å². The van der Waals surface area contributed by atoms with E-state index >= 15 is 0 Å². The average Bonchev–Trinajstić information content (AvgIpc) is 3.10. The predicted octanol–water partition coefficient (Wildman–Crippen LogP) is 4.70. The Morgan fingerprint density at radius 1 is 1.06 bits per heavy atom. The van der Waals surface area contributed by atoms with Crippen LogP contribution in [0.2, 0.25) is 0 Å². The van der Waals surface area contributed by atoms with Crippen LogP contribution in [0.15, 0.2) is 59.3 Å². The molecule has 1 saturated heterocycles. The number of amides is 3. The zero-order chi connectivity index (χ0) is 25.8. The fourth-order valence-electron chi connectivity index (χ4n) is 4.35. The van der Waals surface area contributed by atoms with Crippen molar-refractivity contribution in [3.05, 3.63) is 70.4 Å². The highest BCUT2D eigenvalue weighted by molar-refractivity contribution is 6.53. The van der Waals surface area contributed by atoms with Gasteiger partial charge >= 0.3 is 5.97 Å². The molecule has 0 aliphatic carbocycles. The lowest BCUT2D eigenvalue weighted by Crippen LogP contribution is -2.42. The summed E-state index contributed by atoms with van der Waals surface area (Å²) in [5, 5.41) is 2.61. The Balaban J connectivity index is 1.52. The summed E-state index contributed by atoms with van der Waals surface area (Å²) in [6.07, 6.45) is 3.74. The summed E-state index contributed by atoms with van der Waals surface area (Å²) in [4.78, 5) is 54.3. The van der Waals surface area contributed by atoms with Gasteiger partial charge in [0.15, 0.2) is 0 Å². The van der Waals surface area contributed by atoms with E-state index in [0.29, 0.717) is 17.7 Å². The molecule has 0 spiro atoms. The highest BCUT2D eigenvalue weighted by Crippen LogP contribution is 2.32. The molecule has 0 bridgehead atoms. The fourth-order valence-corrected chi connectivity index (χ4v) is 4.56.